The van der Waals surface area contributed by atoms with Crippen molar-refractivity contribution in [2.24, 2.45) is 0 Å². The van der Waals surface area contributed by atoms with Crippen LogP contribution >= 0.6 is 0 Å². The molecule has 96 valence electrons. The molecule has 0 aliphatic heterocycles. The number of hydrogen-bond acceptors (Lipinski definition) is 2. The van der Waals surface area contributed by atoms with Crippen LogP contribution in [0.15, 0.2) is 24.3 Å². The highest BCUT2D eigenvalue weighted by molar-refractivity contribution is 5.25. The molecule has 0 amide bonds. The second-order valence-electron chi connectivity index (χ2n) is 3.72. The average Bonchev–Trinajstić information content (AvgIpc) is 2.24. The van der Waals surface area contributed by atoms with E-state index in [1.165, 1.54) is 11.1 Å². The number of benzene rings is 1. The Hall–Kier alpha value is -1.07. The van der Waals surface area contributed by atoms with Gasteiger partial charge in [-0.3, -0.25) is 4.74 Å². The number of ether oxygens (including phenoxy) is 1. The van der Waals surface area contributed by atoms with E-state index in [2.05, 4.69) is 10.1 Å². The Kier molecular flexibility index (Phi) is 5.44. The predicted octanol–water partition coefficient (Wildman–Crippen LogP) is 2.66. The van der Waals surface area contributed by atoms with Crippen LogP contribution in [-0.2, 0) is 11.2 Å². The fourth-order valence-corrected chi connectivity index (χ4v) is 1.48. The van der Waals surface area contributed by atoms with Crippen molar-refractivity contribution in [1.82, 2.24) is 5.32 Å². The Morgan fingerprint density at radius 3 is 2.53 bits per heavy atom. The number of rotatable bonds is 6. The highest BCUT2D eigenvalue weighted by Crippen LogP contribution is 2.15. The molecule has 0 aliphatic rings. The third-order valence-electron chi connectivity index (χ3n) is 2.38. The Labute approximate surface area is 98.8 Å². The lowest BCUT2D eigenvalue weighted by atomic mass is 10.1. The molecule has 0 fully saturated rings. The fraction of sp³-hybridized carbons (Fsp3) is 0.500. The van der Waals surface area contributed by atoms with Crippen molar-refractivity contribution in [3.05, 3.63) is 35.4 Å². The van der Waals surface area contributed by atoms with E-state index >= 15 is 0 Å². The summed E-state index contributed by atoms with van der Waals surface area (Å²) in [6.45, 7) is 2.51. The first-order valence-corrected chi connectivity index (χ1v) is 5.45. The van der Waals surface area contributed by atoms with Crippen molar-refractivity contribution in [2.75, 3.05) is 19.7 Å². The summed E-state index contributed by atoms with van der Waals surface area (Å²) in [5, 5.41) is 2.91. The third kappa shape index (κ3) is 6.28. The molecule has 0 aromatic heterocycles. The number of nitrogens with one attached hydrogen (secondary N) is 1. The van der Waals surface area contributed by atoms with Crippen LogP contribution < -0.4 is 5.32 Å². The normalized spacial score (nSPS) is 11.8. The second kappa shape index (κ2) is 6.61. The Balaban J connectivity index is 2.11. The van der Waals surface area contributed by atoms with E-state index in [9.17, 15) is 13.2 Å². The van der Waals surface area contributed by atoms with Gasteiger partial charge in [0.15, 0.2) is 0 Å². The van der Waals surface area contributed by atoms with Crippen molar-refractivity contribution in [3.8, 4) is 0 Å². The topological polar surface area (TPSA) is 21.3 Å². The summed E-state index contributed by atoms with van der Waals surface area (Å²) in [7, 11) is 0. The van der Waals surface area contributed by atoms with Crippen molar-refractivity contribution >= 4 is 0 Å². The van der Waals surface area contributed by atoms with Gasteiger partial charge in [-0.1, -0.05) is 24.3 Å². The molecule has 1 aromatic rings. The minimum absolute atomic E-state index is 0.200. The Morgan fingerprint density at radius 1 is 1.18 bits per heavy atom. The zero-order valence-electron chi connectivity index (χ0n) is 9.68. The summed E-state index contributed by atoms with van der Waals surface area (Å²) < 4.78 is 38.5. The molecule has 0 radical (unpaired) electrons. The minimum Gasteiger partial charge on any atom is -0.314 e. The summed E-state index contributed by atoms with van der Waals surface area (Å²) in [6, 6.07) is 7.95. The summed E-state index contributed by atoms with van der Waals surface area (Å²) in [6.07, 6.45) is -3.73. The van der Waals surface area contributed by atoms with Gasteiger partial charge in [0, 0.05) is 6.54 Å². The molecule has 0 unspecified atom stereocenters. The van der Waals surface area contributed by atoms with E-state index in [1.54, 1.807) is 0 Å². The monoisotopic (exact) mass is 247 g/mol. The smallest absolute Gasteiger partial charge is 0.314 e. The van der Waals surface area contributed by atoms with Crippen LogP contribution in [0, 0.1) is 6.92 Å². The first-order valence-electron chi connectivity index (χ1n) is 5.45. The van der Waals surface area contributed by atoms with Crippen LogP contribution in [0.25, 0.3) is 0 Å². The molecule has 17 heavy (non-hydrogen) atoms. The zero-order valence-corrected chi connectivity index (χ0v) is 9.68. The number of halogens is 3. The Bertz CT molecular complexity index is 339. The summed E-state index contributed by atoms with van der Waals surface area (Å²) in [4.78, 5) is 0. The molecule has 2 nitrogen and oxygen atoms in total. The molecular formula is C12H16F3NO. The molecular weight excluding hydrogens is 231 g/mol. The van der Waals surface area contributed by atoms with Gasteiger partial charge in [0.1, 0.15) is 0 Å². The molecule has 1 aromatic carbocycles. The summed E-state index contributed by atoms with van der Waals surface area (Å²) in [5.74, 6) is 0. The van der Waals surface area contributed by atoms with E-state index in [-0.39, 0.29) is 13.2 Å². The van der Waals surface area contributed by atoms with Gasteiger partial charge < -0.3 is 5.32 Å². The van der Waals surface area contributed by atoms with Crippen LogP contribution in [0.1, 0.15) is 11.1 Å². The average molecular weight is 247 g/mol. The first-order chi connectivity index (χ1) is 7.99. The maximum atomic E-state index is 11.6. The lowest BCUT2D eigenvalue weighted by molar-refractivity contribution is -0.323. The highest BCUT2D eigenvalue weighted by atomic mass is 19.4. The van der Waals surface area contributed by atoms with Gasteiger partial charge in [-0.05, 0) is 31.0 Å². The predicted molar refractivity (Wildman–Crippen MR) is 59.8 cm³/mol. The molecule has 0 spiro atoms. The fourth-order valence-electron chi connectivity index (χ4n) is 1.48. The second-order valence-corrected chi connectivity index (χ2v) is 3.72. The van der Waals surface area contributed by atoms with Crippen molar-refractivity contribution in [1.29, 1.82) is 0 Å². The van der Waals surface area contributed by atoms with Crippen LogP contribution in [0.3, 0.4) is 0 Å². The summed E-state index contributed by atoms with van der Waals surface area (Å²) in [5.41, 5.74) is 2.40. The van der Waals surface area contributed by atoms with Crippen LogP contribution in [-0.4, -0.2) is 26.1 Å². The number of aryl methyl sites for hydroxylation is 1. The van der Waals surface area contributed by atoms with Gasteiger partial charge in [0.2, 0.25) is 0 Å². The van der Waals surface area contributed by atoms with E-state index in [4.69, 9.17) is 0 Å². The molecule has 0 saturated carbocycles. The van der Waals surface area contributed by atoms with Crippen molar-refractivity contribution in [3.63, 3.8) is 0 Å². The van der Waals surface area contributed by atoms with Crippen LogP contribution in [0.5, 0.6) is 0 Å². The van der Waals surface area contributed by atoms with Gasteiger partial charge in [-0.2, -0.15) is 0 Å². The lowest BCUT2D eigenvalue weighted by Crippen LogP contribution is -2.25. The Morgan fingerprint density at radius 2 is 1.88 bits per heavy atom. The minimum atomic E-state index is -4.53. The largest absolute Gasteiger partial charge is 0.522 e. The molecule has 0 atom stereocenters. The zero-order chi connectivity index (χ0) is 12.7. The summed E-state index contributed by atoms with van der Waals surface area (Å²) >= 11 is 0. The van der Waals surface area contributed by atoms with Gasteiger partial charge in [-0.15, -0.1) is 13.2 Å². The maximum Gasteiger partial charge on any atom is 0.522 e. The highest BCUT2D eigenvalue weighted by Gasteiger charge is 2.28. The molecule has 0 bridgehead atoms. The van der Waals surface area contributed by atoms with Crippen molar-refractivity contribution in [2.45, 2.75) is 19.7 Å². The van der Waals surface area contributed by atoms with Gasteiger partial charge in [0.25, 0.3) is 0 Å². The third-order valence-corrected chi connectivity index (χ3v) is 2.38. The number of alkyl halides is 3. The molecule has 0 heterocycles. The first kappa shape index (κ1) is 14.0. The maximum absolute atomic E-state index is 11.6. The van der Waals surface area contributed by atoms with Crippen LogP contribution in [0.2, 0.25) is 0 Å². The lowest BCUT2D eigenvalue weighted by Gasteiger charge is -2.09. The molecule has 0 aliphatic carbocycles. The molecule has 5 heteroatoms. The molecule has 0 saturated heterocycles. The standard InChI is InChI=1S/C12H16F3NO/c1-10-4-2-3-5-11(10)6-7-16-8-9-17-12(13,14)15/h2-5,16H,6-9H2,1H3. The SMILES string of the molecule is Cc1ccccc1CCNCCOC(F)(F)F. The van der Waals surface area contributed by atoms with E-state index in [0.717, 1.165) is 6.42 Å². The van der Waals surface area contributed by atoms with E-state index < -0.39 is 6.36 Å². The quantitative estimate of drug-likeness (QED) is 0.780. The molecule has 1 rings (SSSR count). The van der Waals surface area contributed by atoms with E-state index in [1.807, 2.05) is 31.2 Å². The van der Waals surface area contributed by atoms with Crippen molar-refractivity contribution < 1.29 is 17.9 Å². The van der Waals surface area contributed by atoms with Gasteiger partial charge in [-0.25, -0.2) is 0 Å². The van der Waals surface area contributed by atoms with Gasteiger partial charge in [0.05, 0.1) is 6.61 Å². The van der Waals surface area contributed by atoms with Gasteiger partial charge >= 0.3 is 6.36 Å². The van der Waals surface area contributed by atoms with Crippen LogP contribution in [0.4, 0.5) is 13.2 Å². The van der Waals surface area contributed by atoms with E-state index in [0.29, 0.717) is 6.54 Å². The molecule has 1 N–H and O–H groups in total. The number of hydrogen-bond donors (Lipinski definition) is 1.